The number of rotatable bonds is 6. The number of para-hydroxylation sites is 1. The summed E-state index contributed by atoms with van der Waals surface area (Å²) in [5.74, 6) is -1.31. The number of fused-ring (bicyclic) bond motifs is 1. The Morgan fingerprint density at radius 2 is 1.52 bits per heavy atom. The Bertz CT molecular complexity index is 856. The van der Waals surface area contributed by atoms with Gasteiger partial charge in [-0.3, -0.25) is 19.3 Å². The number of imide groups is 1. The molecule has 2 aromatic carbocycles. The number of carbonyl (C=O) groups is 3. The van der Waals surface area contributed by atoms with E-state index in [0.717, 1.165) is 22.6 Å². The van der Waals surface area contributed by atoms with Crippen LogP contribution in [-0.2, 0) is 11.2 Å². The first-order valence-electron chi connectivity index (χ1n) is 9.35. The minimum atomic E-state index is -0.854. The van der Waals surface area contributed by atoms with Crippen LogP contribution in [0.5, 0.6) is 0 Å². The first-order valence-corrected chi connectivity index (χ1v) is 9.35. The average Bonchev–Trinajstić information content (AvgIpc) is 2.94. The van der Waals surface area contributed by atoms with E-state index in [1.165, 1.54) is 0 Å². The largest absolute Gasteiger partial charge is 0.324 e. The number of carbonyl (C=O) groups excluding carboxylic acids is 3. The van der Waals surface area contributed by atoms with Crippen LogP contribution in [0.4, 0.5) is 5.69 Å². The minimum Gasteiger partial charge on any atom is -0.324 e. The zero-order valence-corrected chi connectivity index (χ0v) is 15.9. The highest BCUT2D eigenvalue weighted by Gasteiger charge is 2.44. The molecule has 0 bridgehead atoms. The second kappa shape index (κ2) is 7.74. The summed E-state index contributed by atoms with van der Waals surface area (Å²) in [7, 11) is 0. The molecule has 0 unspecified atom stereocenters. The molecular weight excluding hydrogens is 340 g/mol. The molecule has 2 aromatic rings. The Balaban J connectivity index is 1.95. The molecule has 0 fully saturated rings. The van der Waals surface area contributed by atoms with Crippen molar-refractivity contribution in [1.82, 2.24) is 4.90 Å². The maximum Gasteiger partial charge on any atom is 0.262 e. The van der Waals surface area contributed by atoms with Crippen molar-refractivity contribution in [1.29, 1.82) is 0 Å². The molecule has 27 heavy (non-hydrogen) atoms. The van der Waals surface area contributed by atoms with Crippen LogP contribution < -0.4 is 5.32 Å². The summed E-state index contributed by atoms with van der Waals surface area (Å²) < 4.78 is 0. The van der Waals surface area contributed by atoms with Gasteiger partial charge in [0.05, 0.1) is 11.1 Å². The molecule has 2 atom stereocenters. The number of nitrogens with one attached hydrogen (secondary N) is 1. The molecule has 0 saturated carbocycles. The summed E-state index contributed by atoms with van der Waals surface area (Å²) in [4.78, 5) is 40.0. The number of nitrogens with zero attached hydrogens (tertiary/aromatic N) is 1. The van der Waals surface area contributed by atoms with Gasteiger partial charge in [-0.15, -0.1) is 0 Å². The topological polar surface area (TPSA) is 66.5 Å². The van der Waals surface area contributed by atoms with Crippen molar-refractivity contribution in [3.05, 3.63) is 65.2 Å². The molecule has 0 spiro atoms. The van der Waals surface area contributed by atoms with Crippen molar-refractivity contribution in [3.8, 4) is 0 Å². The zero-order valence-electron chi connectivity index (χ0n) is 15.9. The number of hydrogen-bond acceptors (Lipinski definition) is 3. The molecular formula is C22H24N2O3. The monoisotopic (exact) mass is 364 g/mol. The molecule has 1 N–H and O–H groups in total. The molecule has 1 aliphatic rings. The fraction of sp³-hybridized carbons (Fsp3) is 0.318. The number of amides is 3. The molecule has 0 aliphatic carbocycles. The third-order valence-corrected chi connectivity index (χ3v) is 5.21. The Morgan fingerprint density at radius 1 is 0.963 bits per heavy atom. The summed E-state index contributed by atoms with van der Waals surface area (Å²) in [6, 6.07) is 13.4. The van der Waals surface area contributed by atoms with Crippen LogP contribution in [0.3, 0.4) is 0 Å². The predicted molar refractivity (Wildman–Crippen MR) is 105 cm³/mol. The summed E-state index contributed by atoms with van der Waals surface area (Å²) in [6.07, 6.45) is 1.44. The summed E-state index contributed by atoms with van der Waals surface area (Å²) in [5, 5.41) is 2.94. The molecule has 3 rings (SSSR count). The summed E-state index contributed by atoms with van der Waals surface area (Å²) in [5.41, 5.74) is 2.45. The van der Waals surface area contributed by atoms with Crippen molar-refractivity contribution in [2.45, 2.75) is 39.7 Å². The lowest BCUT2D eigenvalue weighted by molar-refractivity contribution is -0.121. The van der Waals surface area contributed by atoms with Gasteiger partial charge in [-0.05, 0) is 36.1 Å². The van der Waals surface area contributed by atoms with E-state index in [-0.39, 0.29) is 11.8 Å². The Kier molecular flexibility index (Phi) is 5.40. The van der Waals surface area contributed by atoms with E-state index in [4.69, 9.17) is 0 Å². The average molecular weight is 364 g/mol. The molecule has 1 heterocycles. The van der Waals surface area contributed by atoms with Gasteiger partial charge in [0.2, 0.25) is 5.91 Å². The lowest BCUT2D eigenvalue weighted by Crippen LogP contribution is -2.50. The molecule has 5 heteroatoms. The standard InChI is InChI=1S/C22H24N2O3/c1-4-14(3)19(20(25)23-18-13-9-6-10-15(18)5-2)24-21(26)16-11-7-8-12-17(16)22(24)27/h6-14,19H,4-5H2,1-3H3,(H,23,25)/t14-,19-/m0/s1. The predicted octanol–water partition coefficient (Wildman–Crippen LogP) is 3.90. The fourth-order valence-electron chi connectivity index (χ4n) is 3.47. The maximum absolute atomic E-state index is 13.2. The normalized spacial score (nSPS) is 15.4. The van der Waals surface area contributed by atoms with Crippen molar-refractivity contribution < 1.29 is 14.4 Å². The second-order valence-electron chi connectivity index (χ2n) is 6.86. The van der Waals surface area contributed by atoms with E-state index < -0.39 is 17.9 Å². The number of anilines is 1. The van der Waals surface area contributed by atoms with Crippen molar-refractivity contribution in [2.75, 3.05) is 5.32 Å². The van der Waals surface area contributed by atoms with E-state index in [1.807, 2.05) is 45.0 Å². The lowest BCUT2D eigenvalue weighted by Gasteiger charge is -2.30. The van der Waals surface area contributed by atoms with Crippen LogP contribution in [0, 0.1) is 5.92 Å². The first kappa shape index (κ1) is 18.8. The molecule has 0 aromatic heterocycles. The van der Waals surface area contributed by atoms with Crippen LogP contribution >= 0.6 is 0 Å². The first-order chi connectivity index (χ1) is 13.0. The number of benzene rings is 2. The van der Waals surface area contributed by atoms with E-state index in [1.54, 1.807) is 24.3 Å². The molecule has 0 saturated heterocycles. The molecule has 3 amide bonds. The van der Waals surface area contributed by atoms with Crippen LogP contribution in [0.25, 0.3) is 0 Å². The summed E-state index contributed by atoms with van der Waals surface area (Å²) in [6.45, 7) is 5.85. The van der Waals surface area contributed by atoms with Crippen LogP contribution in [0.2, 0.25) is 0 Å². The van der Waals surface area contributed by atoms with Crippen LogP contribution in [0.1, 0.15) is 53.5 Å². The van der Waals surface area contributed by atoms with E-state index in [2.05, 4.69) is 5.32 Å². The fourth-order valence-corrected chi connectivity index (χ4v) is 3.47. The Hall–Kier alpha value is -2.95. The van der Waals surface area contributed by atoms with Gasteiger partial charge in [0.15, 0.2) is 0 Å². The van der Waals surface area contributed by atoms with Gasteiger partial charge < -0.3 is 5.32 Å². The molecule has 1 aliphatic heterocycles. The highest BCUT2D eigenvalue weighted by molar-refractivity contribution is 6.23. The van der Waals surface area contributed by atoms with Crippen LogP contribution in [0.15, 0.2) is 48.5 Å². The van der Waals surface area contributed by atoms with Crippen LogP contribution in [-0.4, -0.2) is 28.7 Å². The Labute approximate surface area is 159 Å². The highest BCUT2D eigenvalue weighted by atomic mass is 16.2. The van der Waals surface area contributed by atoms with Gasteiger partial charge in [-0.1, -0.05) is 57.5 Å². The minimum absolute atomic E-state index is 0.166. The molecule has 5 nitrogen and oxygen atoms in total. The summed E-state index contributed by atoms with van der Waals surface area (Å²) >= 11 is 0. The number of hydrogen-bond donors (Lipinski definition) is 1. The smallest absolute Gasteiger partial charge is 0.262 e. The Morgan fingerprint density at radius 3 is 2.07 bits per heavy atom. The van der Waals surface area contributed by atoms with E-state index in [0.29, 0.717) is 17.5 Å². The SMILES string of the molecule is CCc1ccccc1NC(=O)[C@H]([C@@H](C)CC)N1C(=O)c2ccccc2C1=O. The third kappa shape index (κ3) is 3.37. The highest BCUT2D eigenvalue weighted by Crippen LogP contribution is 2.29. The van der Waals surface area contributed by atoms with E-state index in [9.17, 15) is 14.4 Å². The van der Waals surface area contributed by atoms with Gasteiger partial charge in [-0.2, -0.15) is 0 Å². The zero-order chi connectivity index (χ0) is 19.6. The van der Waals surface area contributed by atoms with Crippen molar-refractivity contribution in [2.24, 2.45) is 5.92 Å². The lowest BCUT2D eigenvalue weighted by atomic mass is 9.96. The molecule has 140 valence electrons. The van der Waals surface area contributed by atoms with E-state index >= 15 is 0 Å². The quantitative estimate of drug-likeness (QED) is 0.791. The second-order valence-corrected chi connectivity index (χ2v) is 6.86. The maximum atomic E-state index is 13.2. The third-order valence-electron chi connectivity index (χ3n) is 5.21. The van der Waals surface area contributed by atoms with Gasteiger partial charge in [0, 0.05) is 5.69 Å². The molecule has 0 radical (unpaired) electrons. The van der Waals surface area contributed by atoms with Gasteiger partial charge in [0.1, 0.15) is 6.04 Å². The van der Waals surface area contributed by atoms with Crippen molar-refractivity contribution >= 4 is 23.4 Å². The van der Waals surface area contributed by atoms with Gasteiger partial charge in [0.25, 0.3) is 11.8 Å². The van der Waals surface area contributed by atoms with Gasteiger partial charge >= 0.3 is 0 Å². The van der Waals surface area contributed by atoms with Gasteiger partial charge in [-0.25, -0.2) is 0 Å². The van der Waals surface area contributed by atoms with Crippen molar-refractivity contribution in [3.63, 3.8) is 0 Å². The number of aryl methyl sites for hydroxylation is 1.